The van der Waals surface area contributed by atoms with Gasteiger partial charge in [-0.3, -0.25) is 0 Å². The summed E-state index contributed by atoms with van der Waals surface area (Å²) < 4.78 is 15.6. The number of aromatic nitrogens is 1. The van der Waals surface area contributed by atoms with E-state index >= 15 is 0 Å². The molecule has 5 nitrogen and oxygen atoms in total. The van der Waals surface area contributed by atoms with Gasteiger partial charge in [-0.1, -0.05) is 63.1 Å². The first-order valence-electron chi connectivity index (χ1n) is 14.9. The SMILES string of the molecule is CCCCOc1cc(N(CC)CC)ccc1C1(c2c(C)n(CCCC)c3ccccc23)OC(=O)c2ccccc21. The van der Waals surface area contributed by atoms with Crippen molar-refractivity contribution >= 4 is 22.6 Å². The number of nitrogens with zero attached hydrogens (tertiary/aromatic N) is 2. The van der Waals surface area contributed by atoms with E-state index in [2.05, 4.69) is 86.6 Å². The van der Waals surface area contributed by atoms with E-state index in [4.69, 9.17) is 9.47 Å². The van der Waals surface area contributed by atoms with Crippen molar-refractivity contribution < 1.29 is 14.3 Å². The molecular formula is C35H42N2O3. The van der Waals surface area contributed by atoms with E-state index in [1.54, 1.807) is 0 Å². The first-order chi connectivity index (χ1) is 19.5. The van der Waals surface area contributed by atoms with Crippen LogP contribution in [-0.4, -0.2) is 30.2 Å². The van der Waals surface area contributed by atoms with Gasteiger partial charge in [-0.2, -0.15) is 0 Å². The number of cyclic esters (lactones) is 1. The summed E-state index contributed by atoms with van der Waals surface area (Å²) in [6.45, 7) is 14.2. The second-order valence-electron chi connectivity index (χ2n) is 10.7. The fraction of sp³-hybridized carbons (Fsp3) is 0.400. The van der Waals surface area contributed by atoms with Crippen LogP contribution in [0.1, 0.15) is 86.1 Å². The summed E-state index contributed by atoms with van der Waals surface area (Å²) in [6.07, 6.45) is 4.17. The van der Waals surface area contributed by atoms with Gasteiger partial charge in [-0.05, 0) is 57.9 Å². The molecule has 1 atom stereocenters. The summed E-state index contributed by atoms with van der Waals surface area (Å²) in [4.78, 5) is 15.9. The smallest absolute Gasteiger partial charge is 0.340 e. The number of fused-ring (bicyclic) bond motifs is 2. The third kappa shape index (κ3) is 4.55. The van der Waals surface area contributed by atoms with Gasteiger partial charge in [-0.15, -0.1) is 0 Å². The van der Waals surface area contributed by atoms with Gasteiger partial charge in [0.25, 0.3) is 0 Å². The van der Waals surface area contributed by atoms with Crippen molar-refractivity contribution in [1.29, 1.82) is 0 Å². The Bertz CT molecular complexity index is 1500. The van der Waals surface area contributed by atoms with Crippen LogP contribution in [0.15, 0.2) is 66.7 Å². The van der Waals surface area contributed by atoms with Gasteiger partial charge in [0.2, 0.25) is 0 Å². The summed E-state index contributed by atoms with van der Waals surface area (Å²) >= 11 is 0. The van der Waals surface area contributed by atoms with Crippen molar-refractivity contribution in [3.05, 3.63) is 94.7 Å². The zero-order valence-electron chi connectivity index (χ0n) is 24.6. The van der Waals surface area contributed by atoms with Gasteiger partial charge in [0.1, 0.15) is 5.75 Å². The molecule has 3 aromatic carbocycles. The van der Waals surface area contributed by atoms with Crippen LogP contribution < -0.4 is 9.64 Å². The molecule has 5 rings (SSSR count). The van der Waals surface area contributed by atoms with Crippen LogP contribution >= 0.6 is 0 Å². The first kappa shape index (κ1) is 27.8. The maximum Gasteiger partial charge on any atom is 0.340 e. The van der Waals surface area contributed by atoms with Gasteiger partial charge >= 0.3 is 5.97 Å². The predicted molar refractivity (Wildman–Crippen MR) is 164 cm³/mol. The molecule has 1 aliphatic rings. The lowest BCUT2D eigenvalue weighted by Crippen LogP contribution is -2.31. The summed E-state index contributed by atoms with van der Waals surface area (Å²) in [5, 5.41) is 1.10. The largest absolute Gasteiger partial charge is 0.493 e. The van der Waals surface area contributed by atoms with Crippen molar-refractivity contribution in [3.63, 3.8) is 0 Å². The summed E-state index contributed by atoms with van der Waals surface area (Å²) in [7, 11) is 0. The number of anilines is 1. The Morgan fingerprint density at radius 3 is 2.35 bits per heavy atom. The van der Waals surface area contributed by atoms with Crippen LogP contribution in [0.5, 0.6) is 5.75 Å². The minimum atomic E-state index is -1.13. The monoisotopic (exact) mass is 538 g/mol. The second-order valence-corrected chi connectivity index (χ2v) is 10.7. The molecule has 0 bridgehead atoms. The van der Waals surface area contributed by atoms with E-state index in [1.165, 1.54) is 0 Å². The first-order valence-corrected chi connectivity index (χ1v) is 14.9. The van der Waals surface area contributed by atoms with E-state index in [0.29, 0.717) is 12.2 Å². The lowest BCUT2D eigenvalue weighted by Gasteiger charge is -2.33. The van der Waals surface area contributed by atoms with Crippen molar-refractivity contribution in [2.24, 2.45) is 0 Å². The van der Waals surface area contributed by atoms with Crippen molar-refractivity contribution in [2.45, 2.75) is 72.4 Å². The fourth-order valence-electron chi connectivity index (χ4n) is 6.25. The van der Waals surface area contributed by atoms with Crippen LogP contribution in [0, 0.1) is 6.92 Å². The number of hydrogen-bond donors (Lipinski definition) is 0. The second kappa shape index (κ2) is 11.8. The Labute approximate surface area is 238 Å². The Morgan fingerprint density at radius 2 is 1.60 bits per heavy atom. The van der Waals surface area contributed by atoms with E-state index in [-0.39, 0.29) is 5.97 Å². The standard InChI is InChI=1S/C35H42N2O3/c1-6-10-22-37-25(5)33(28-17-13-15-19-31(28)37)35(29-18-14-12-16-27(29)34(38)40-35)30-21-20-26(36(8-3)9-4)24-32(30)39-23-11-7-2/h12-21,24H,6-11,22-23H2,1-5H3. The highest BCUT2D eigenvalue weighted by atomic mass is 16.6. The average molecular weight is 539 g/mol. The molecule has 0 radical (unpaired) electrons. The minimum Gasteiger partial charge on any atom is -0.493 e. The molecule has 0 N–H and O–H groups in total. The van der Waals surface area contributed by atoms with E-state index in [0.717, 1.165) is 90.0 Å². The minimum absolute atomic E-state index is 0.298. The molecule has 5 heteroatoms. The Kier molecular flexibility index (Phi) is 8.20. The number of hydrogen-bond acceptors (Lipinski definition) is 4. The Balaban J connectivity index is 1.85. The quantitative estimate of drug-likeness (QED) is 0.135. The fourth-order valence-corrected chi connectivity index (χ4v) is 6.25. The number of unbranched alkanes of at least 4 members (excludes halogenated alkanes) is 2. The number of carbonyl (C=O) groups excluding carboxylic acids is 1. The summed E-state index contributed by atoms with van der Waals surface area (Å²) in [6, 6.07) is 22.8. The molecule has 1 aliphatic heterocycles. The molecule has 0 amide bonds. The van der Waals surface area contributed by atoms with E-state index in [9.17, 15) is 4.79 Å². The van der Waals surface area contributed by atoms with Crippen molar-refractivity contribution in [3.8, 4) is 5.75 Å². The van der Waals surface area contributed by atoms with E-state index < -0.39 is 5.60 Å². The maximum atomic E-state index is 13.6. The number of esters is 1. The van der Waals surface area contributed by atoms with Crippen LogP contribution in [-0.2, 0) is 16.9 Å². The highest BCUT2D eigenvalue weighted by Gasteiger charge is 2.52. The van der Waals surface area contributed by atoms with Crippen molar-refractivity contribution in [1.82, 2.24) is 4.57 Å². The van der Waals surface area contributed by atoms with Gasteiger partial charge in [-0.25, -0.2) is 4.79 Å². The van der Waals surface area contributed by atoms with E-state index in [1.807, 2.05) is 24.3 Å². The molecule has 0 fully saturated rings. The van der Waals surface area contributed by atoms with Gasteiger partial charge in [0, 0.05) is 64.7 Å². The van der Waals surface area contributed by atoms with Gasteiger partial charge in [0.15, 0.2) is 5.60 Å². The summed E-state index contributed by atoms with van der Waals surface area (Å²) in [5.41, 5.74) is 5.64. The lowest BCUT2D eigenvalue weighted by atomic mass is 9.78. The lowest BCUT2D eigenvalue weighted by molar-refractivity contribution is 0.0245. The zero-order valence-corrected chi connectivity index (χ0v) is 24.6. The normalized spacial score (nSPS) is 16.3. The number of carbonyl (C=O) groups is 1. The number of benzene rings is 3. The third-order valence-electron chi connectivity index (χ3n) is 8.32. The Hall–Kier alpha value is -3.73. The molecule has 0 saturated heterocycles. The Morgan fingerprint density at radius 1 is 0.875 bits per heavy atom. The van der Waals surface area contributed by atoms with Crippen molar-refractivity contribution in [2.75, 3.05) is 24.6 Å². The number of aryl methyl sites for hydroxylation is 1. The molecular weight excluding hydrogens is 496 g/mol. The molecule has 210 valence electrons. The topological polar surface area (TPSA) is 43.7 Å². The average Bonchev–Trinajstić information content (AvgIpc) is 3.43. The predicted octanol–water partition coefficient (Wildman–Crippen LogP) is 8.24. The molecule has 40 heavy (non-hydrogen) atoms. The van der Waals surface area contributed by atoms with Crippen LogP contribution in [0.2, 0.25) is 0 Å². The number of ether oxygens (including phenoxy) is 2. The molecule has 0 spiro atoms. The van der Waals surface area contributed by atoms with Crippen LogP contribution in [0.3, 0.4) is 0 Å². The highest BCUT2D eigenvalue weighted by Crippen LogP contribution is 2.53. The van der Waals surface area contributed by atoms with Gasteiger partial charge < -0.3 is 18.9 Å². The van der Waals surface area contributed by atoms with Crippen LogP contribution in [0.4, 0.5) is 5.69 Å². The molecule has 1 aromatic heterocycles. The van der Waals surface area contributed by atoms with Crippen LogP contribution in [0.25, 0.3) is 10.9 Å². The summed E-state index contributed by atoms with van der Waals surface area (Å²) in [5.74, 6) is 0.472. The molecule has 2 heterocycles. The molecule has 0 aliphatic carbocycles. The molecule has 0 saturated carbocycles. The highest BCUT2D eigenvalue weighted by molar-refractivity contribution is 5.99. The zero-order chi connectivity index (χ0) is 28.3. The van der Waals surface area contributed by atoms with Gasteiger partial charge in [0.05, 0.1) is 12.2 Å². The maximum absolute atomic E-state index is 13.6. The number of para-hydroxylation sites is 1. The number of rotatable bonds is 12. The third-order valence-corrected chi connectivity index (χ3v) is 8.32. The molecule has 4 aromatic rings. The molecule has 1 unspecified atom stereocenters.